The van der Waals surface area contributed by atoms with E-state index in [1.165, 1.54) is 17.3 Å². The zero-order valence-corrected chi connectivity index (χ0v) is 15.2. The van der Waals surface area contributed by atoms with Crippen LogP contribution in [0.1, 0.15) is 15.9 Å². The van der Waals surface area contributed by atoms with Crippen molar-refractivity contribution in [3.63, 3.8) is 0 Å². The molecule has 5 nitrogen and oxygen atoms in total. The largest absolute Gasteiger partial charge is 0.496 e. The summed E-state index contributed by atoms with van der Waals surface area (Å²) in [7, 11) is 3.48. The molecule has 3 aromatic rings. The number of methoxy groups -OCH3 is 1. The first-order valence-electron chi connectivity index (χ1n) is 7.85. The predicted octanol–water partition coefficient (Wildman–Crippen LogP) is 3.77. The molecule has 0 spiro atoms. The zero-order chi connectivity index (χ0) is 17.8. The van der Waals surface area contributed by atoms with Crippen LogP contribution in [0.15, 0.2) is 53.7 Å². The van der Waals surface area contributed by atoms with Crippen molar-refractivity contribution >= 4 is 17.5 Å². The molecule has 0 bridgehead atoms. The number of aromatic nitrogens is 3. The standard InChI is InChI=1S/C19H19N3O2S/c1-13-7-6-8-14(11-13)18-20-21-19(22(18)2)25-12-16(23)15-9-4-5-10-17(15)24-3/h4-11H,12H2,1-3H3. The molecule has 0 saturated heterocycles. The Morgan fingerprint density at radius 1 is 1.16 bits per heavy atom. The summed E-state index contributed by atoms with van der Waals surface area (Å²) in [6.45, 7) is 2.04. The highest BCUT2D eigenvalue weighted by atomic mass is 32.2. The summed E-state index contributed by atoms with van der Waals surface area (Å²) in [5.74, 6) is 1.66. The molecule has 128 valence electrons. The van der Waals surface area contributed by atoms with E-state index in [4.69, 9.17) is 4.74 Å². The van der Waals surface area contributed by atoms with Crippen molar-refractivity contribution in [1.29, 1.82) is 0 Å². The van der Waals surface area contributed by atoms with Gasteiger partial charge in [0.1, 0.15) is 5.75 Å². The molecule has 1 heterocycles. The number of aryl methyl sites for hydroxylation is 1. The number of ether oxygens (including phenoxy) is 1. The van der Waals surface area contributed by atoms with E-state index in [9.17, 15) is 4.79 Å². The number of ketones is 1. The van der Waals surface area contributed by atoms with Crippen molar-refractivity contribution in [3.05, 3.63) is 59.7 Å². The van der Waals surface area contributed by atoms with E-state index < -0.39 is 0 Å². The van der Waals surface area contributed by atoms with Crippen LogP contribution in [0.4, 0.5) is 0 Å². The topological polar surface area (TPSA) is 57.0 Å². The summed E-state index contributed by atoms with van der Waals surface area (Å²) in [6, 6.07) is 15.4. The number of Topliss-reactive ketones (excluding diaryl/α,β-unsaturated/α-hetero) is 1. The third-order valence-corrected chi connectivity index (χ3v) is 4.87. The minimum atomic E-state index is 0.00237. The van der Waals surface area contributed by atoms with E-state index in [2.05, 4.69) is 16.3 Å². The van der Waals surface area contributed by atoms with Crippen LogP contribution in [0.25, 0.3) is 11.4 Å². The van der Waals surface area contributed by atoms with Gasteiger partial charge in [-0.2, -0.15) is 0 Å². The fourth-order valence-corrected chi connectivity index (χ4v) is 3.35. The third-order valence-electron chi connectivity index (χ3n) is 3.85. The van der Waals surface area contributed by atoms with Gasteiger partial charge in [-0.3, -0.25) is 4.79 Å². The van der Waals surface area contributed by atoms with Crippen LogP contribution < -0.4 is 4.74 Å². The van der Waals surface area contributed by atoms with E-state index in [1.807, 2.05) is 48.9 Å². The molecule has 0 radical (unpaired) electrons. The van der Waals surface area contributed by atoms with Gasteiger partial charge in [-0.1, -0.05) is 47.7 Å². The number of benzene rings is 2. The van der Waals surface area contributed by atoms with Gasteiger partial charge in [0.05, 0.1) is 18.4 Å². The molecule has 0 aliphatic rings. The molecule has 0 N–H and O–H groups in total. The second-order valence-corrected chi connectivity index (χ2v) is 6.59. The van der Waals surface area contributed by atoms with Crippen LogP contribution in [0.5, 0.6) is 5.75 Å². The van der Waals surface area contributed by atoms with Crippen molar-refractivity contribution in [1.82, 2.24) is 14.8 Å². The van der Waals surface area contributed by atoms with E-state index in [0.29, 0.717) is 16.5 Å². The van der Waals surface area contributed by atoms with Crippen LogP contribution >= 0.6 is 11.8 Å². The average Bonchev–Trinajstić information content (AvgIpc) is 3.00. The third kappa shape index (κ3) is 3.74. The Balaban J connectivity index is 1.75. The summed E-state index contributed by atoms with van der Waals surface area (Å²) in [6.07, 6.45) is 0. The molecule has 25 heavy (non-hydrogen) atoms. The number of carbonyl (C=O) groups excluding carboxylic acids is 1. The molecule has 0 aliphatic carbocycles. The molecule has 6 heteroatoms. The monoisotopic (exact) mass is 353 g/mol. The maximum Gasteiger partial charge on any atom is 0.191 e. The number of rotatable bonds is 6. The Hall–Kier alpha value is -2.60. The second-order valence-electron chi connectivity index (χ2n) is 5.65. The minimum absolute atomic E-state index is 0.00237. The number of hydrogen-bond donors (Lipinski definition) is 0. The highest BCUT2D eigenvalue weighted by molar-refractivity contribution is 7.99. The van der Waals surface area contributed by atoms with Gasteiger partial charge in [-0.25, -0.2) is 0 Å². The van der Waals surface area contributed by atoms with Gasteiger partial charge in [-0.15, -0.1) is 10.2 Å². The summed E-state index contributed by atoms with van der Waals surface area (Å²) in [4.78, 5) is 12.5. The Bertz CT molecular complexity index is 905. The first-order chi connectivity index (χ1) is 12.1. The lowest BCUT2D eigenvalue weighted by Crippen LogP contribution is -2.06. The van der Waals surface area contributed by atoms with Crippen LogP contribution in [-0.2, 0) is 7.05 Å². The van der Waals surface area contributed by atoms with Crippen molar-refractivity contribution in [2.45, 2.75) is 12.1 Å². The van der Waals surface area contributed by atoms with Crippen LogP contribution in [0.3, 0.4) is 0 Å². The number of thioether (sulfide) groups is 1. The lowest BCUT2D eigenvalue weighted by Gasteiger charge is -2.07. The van der Waals surface area contributed by atoms with Gasteiger partial charge >= 0.3 is 0 Å². The molecule has 0 atom stereocenters. The Labute approximate surface area is 151 Å². The molecule has 0 fully saturated rings. The smallest absolute Gasteiger partial charge is 0.191 e. The summed E-state index contributed by atoms with van der Waals surface area (Å²) in [5, 5.41) is 9.20. The highest BCUT2D eigenvalue weighted by Gasteiger charge is 2.16. The fraction of sp³-hybridized carbons (Fsp3) is 0.211. The van der Waals surface area contributed by atoms with Crippen LogP contribution in [0, 0.1) is 6.92 Å². The lowest BCUT2D eigenvalue weighted by atomic mass is 10.1. The van der Waals surface area contributed by atoms with E-state index in [0.717, 1.165) is 11.4 Å². The van der Waals surface area contributed by atoms with Crippen molar-refractivity contribution < 1.29 is 9.53 Å². The van der Waals surface area contributed by atoms with E-state index in [-0.39, 0.29) is 11.5 Å². The summed E-state index contributed by atoms with van der Waals surface area (Å²) in [5.41, 5.74) is 2.76. The molecule has 0 unspecified atom stereocenters. The maximum absolute atomic E-state index is 12.5. The second kappa shape index (κ2) is 7.53. The molecular weight excluding hydrogens is 334 g/mol. The number of carbonyl (C=O) groups is 1. The van der Waals surface area contributed by atoms with Gasteiger partial charge in [0.2, 0.25) is 0 Å². The maximum atomic E-state index is 12.5. The first-order valence-corrected chi connectivity index (χ1v) is 8.84. The quantitative estimate of drug-likeness (QED) is 0.499. The van der Waals surface area contributed by atoms with E-state index >= 15 is 0 Å². The molecule has 1 aromatic heterocycles. The fourth-order valence-electron chi connectivity index (χ4n) is 2.56. The molecule has 2 aromatic carbocycles. The Kier molecular flexibility index (Phi) is 5.19. The molecule has 3 rings (SSSR count). The Morgan fingerprint density at radius 3 is 2.72 bits per heavy atom. The minimum Gasteiger partial charge on any atom is -0.496 e. The molecule has 0 amide bonds. The van der Waals surface area contributed by atoms with Gasteiger partial charge in [-0.05, 0) is 25.1 Å². The number of hydrogen-bond acceptors (Lipinski definition) is 5. The van der Waals surface area contributed by atoms with Crippen LogP contribution in [-0.4, -0.2) is 33.4 Å². The van der Waals surface area contributed by atoms with Gasteiger partial charge in [0, 0.05) is 12.6 Å². The highest BCUT2D eigenvalue weighted by Crippen LogP contribution is 2.25. The molecule has 0 saturated carbocycles. The van der Waals surface area contributed by atoms with Crippen LogP contribution in [0.2, 0.25) is 0 Å². The number of nitrogens with zero attached hydrogens (tertiary/aromatic N) is 3. The van der Waals surface area contributed by atoms with Gasteiger partial charge in [0.15, 0.2) is 16.8 Å². The number of para-hydroxylation sites is 1. The van der Waals surface area contributed by atoms with E-state index in [1.54, 1.807) is 19.2 Å². The van der Waals surface area contributed by atoms with Gasteiger partial charge < -0.3 is 9.30 Å². The molecule has 0 aliphatic heterocycles. The first kappa shape index (κ1) is 17.2. The van der Waals surface area contributed by atoms with Crippen molar-refractivity contribution in [2.75, 3.05) is 12.9 Å². The average molecular weight is 353 g/mol. The van der Waals surface area contributed by atoms with Crippen molar-refractivity contribution in [2.24, 2.45) is 7.05 Å². The predicted molar refractivity (Wildman–Crippen MR) is 99.2 cm³/mol. The zero-order valence-electron chi connectivity index (χ0n) is 14.4. The summed E-state index contributed by atoms with van der Waals surface area (Å²) >= 11 is 1.37. The normalized spacial score (nSPS) is 10.7. The Morgan fingerprint density at radius 2 is 1.96 bits per heavy atom. The lowest BCUT2D eigenvalue weighted by molar-refractivity contribution is 0.101. The SMILES string of the molecule is COc1ccccc1C(=O)CSc1nnc(-c2cccc(C)c2)n1C. The summed E-state index contributed by atoms with van der Waals surface area (Å²) < 4.78 is 7.16. The molecular formula is C19H19N3O2S. The van der Waals surface area contributed by atoms with Gasteiger partial charge in [0.25, 0.3) is 0 Å². The van der Waals surface area contributed by atoms with Crippen molar-refractivity contribution in [3.8, 4) is 17.1 Å².